The van der Waals surface area contributed by atoms with Crippen LogP contribution < -0.4 is 0 Å². The fourth-order valence-electron chi connectivity index (χ4n) is 0. The minimum atomic E-state index is 1.62. The second kappa shape index (κ2) is 22.5. The molecule has 1 atom stereocenters. The van der Waals surface area contributed by atoms with Gasteiger partial charge in [0.2, 0.25) is 0 Å². The van der Waals surface area contributed by atoms with Gasteiger partial charge in [-0.15, -0.1) is 11.2 Å². The number of ether oxygens (including phenoxy) is 1. The molecule has 0 aliphatic rings. The number of halogens is 1. The zero-order chi connectivity index (χ0) is 4.71. The summed E-state index contributed by atoms with van der Waals surface area (Å²) in [5.41, 5.74) is 0. The standard InChI is InChI=1S/C2H6O.ClH2P/c1-3-2;1-2/h1-2H3;2H2. The van der Waals surface area contributed by atoms with Crippen molar-refractivity contribution in [3.8, 4) is 0 Å². The first kappa shape index (κ1) is 9.19. The van der Waals surface area contributed by atoms with Gasteiger partial charge in [0, 0.05) is 14.2 Å². The first-order valence-electron chi connectivity index (χ1n) is 1.03. The van der Waals surface area contributed by atoms with Gasteiger partial charge in [0.05, 0.1) is 0 Å². The molecule has 0 N–H and O–H groups in total. The molecule has 0 saturated carbocycles. The molecule has 1 unspecified atom stereocenters. The summed E-state index contributed by atoms with van der Waals surface area (Å²) < 4.78 is 4.25. The van der Waals surface area contributed by atoms with Gasteiger partial charge >= 0.3 is 0 Å². The van der Waals surface area contributed by atoms with Crippen molar-refractivity contribution >= 4 is 19.8 Å². The molecule has 0 rings (SSSR count). The van der Waals surface area contributed by atoms with Crippen LogP contribution in [0.4, 0.5) is 0 Å². The molecule has 0 aromatic carbocycles. The highest BCUT2D eigenvalue weighted by molar-refractivity contribution is 7.52. The maximum Gasteiger partial charge on any atom is 0.0351 e. The fourth-order valence-corrected chi connectivity index (χ4v) is 0. The highest BCUT2D eigenvalue weighted by Gasteiger charge is 1.25. The van der Waals surface area contributed by atoms with E-state index in [1.165, 1.54) is 0 Å². The maximum absolute atomic E-state index is 4.56. The Kier molecular flexibility index (Phi) is 41.3. The number of hydrogen-bond donors (Lipinski definition) is 0. The lowest BCUT2D eigenvalue weighted by atomic mass is 11.6. The fraction of sp³-hybridized carbons (Fsp3) is 1.00. The van der Waals surface area contributed by atoms with E-state index in [0.29, 0.717) is 0 Å². The second-order valence-corrected chi connectivity index (χ2v) is 0.408. The predicted molar refractivity (Wildman–Crippen MR) is 28.5 cm³/mol. The molecule has 0 aromatic rings. The summed E-state index contributed by atoms with van der Waals surface area (Å²) in [6.07, 6.45) is 0. The maximum atomic E-state index is 4.56. The molecule has 0 radical (unpaired) electrons. The molecule has 0 saturated heterocycles. The lowest BCUT2D eigenvalue weighted by Gasteiger charge is -1.61. The van der Waals surface area contributed by atoms with Crippen LogP contribution in [0.15, 0.2) is 0 Å². The Hall–Kier alpha value is 0.680. The van der Waals surface area contributed by atoms with Gasteiger partial charge in [-0.1, -0.05) is 0 Å². The van der Waals surface area contributed by atoms with Gasteiger partial charge in [0.15, 0.2) is 0 Å². The Morgan fingerprint density at radius 2 is 1.40 bits per heavy atom. The van der Waals surface area contributed by atoms with Crippen LogP contribution in [-0.2, 0) is 4.74 Å². The molecular weight excluding hydrogens is 106 g/mol. The van der Waals surface area contributed by atoms with Gasteiger partial charge in [-0.2, -0.15) is 0 Å². The quantitative estimate of drug-likeness (QED) is 0.431. The van der Waals surface area contributed by atoms with Crippen LogP contribution in [0.3, 0.4) is 0 Å². The zero-order valence-corrected chi connectivity index (χ0v) is 5.27. The van der Waals surface area contributed by atoms with Crippen molar-refractivity contribution in [3.63, 3.8) is 0 Å². The minimum absolute atomic E-state index is 1.62. The topological polar surface area (TPSA) is 9.23 Å². The van der Waals surface area contributed by atoms with Crippen molar-refractivity contribution in [2.24, 2.45) is 0 Å². The molecule has 3 heteroatoms. The third-order valence-corrected chi connectivity index (χ3v) is 0. The average Bonchev–Trinajstić information content (AvgIpc) is 1.46. The Labute approximate surface area is 39.6 Å². The van der Waals surface area contributed by atoms with Gasteiger partial charge in [-0.25, -0.2) is 0 Å². The Morgan fingerprint density at radius 1 is 1.40 bits per heavy atom. The minimum Gasteiger partial charge on any atom is -0.388 e. The van der Waals surface area contributed by atoms with Crippen LogP contribution in [0.25, 0.3) is 0 Å². The number of methoxy groups -OCH3 is 1. The summed E-state index contributed by atoms with van der Waals surface area (Å²) in [4.78, 5) is 0. The SMILES string of the molecule is COC.PCl. The summed E-state index contributed by atoms with van der Waals surface area (Å²) in [6.45, 7) is 0. The lowest BCUT2D eigenvalue weighted by molar-refractivity contribution is 0.277. The van der Waals surface area contributed by atoms with Gasteiger partial charge in [0.25, 0.3) is 0 Å². The summed E-state index contributed by atoms with van der Waals surface area (Å²) in [6, 6.07) is 0. The van der Waals surface area contributed by atoms with Crippen molar-refractivity contribution in [1.29, 1.82) is 0 Å². The zero-order valence-electron chi connectivity index (χ0n) is 3.36. The van der Waals surface area contributed by atoms with Crippen molar-refractivity contribution in [2.45, 2.75) is 0 Å². The average molecular weight is 115 g/mol. The van der Waals surface area contributed by atoms with Crippen molar-refractivity contribution in [3.05, 3.63) is 0 Å². The lowest BCUT2D eigenvalue weighted by Crippen LogP contribution is -1.55. The molecule has 5 heavy (non-hydrogen) atoms. The predicted octanol–water partition coefficient (Wildman–Crippen LogP) is 1.28. The van der Waals surface area contributed by atoms with Gasteiger partial charge < -0.3 is 4.74 Å². The van der Waals surface area contributed by atoms with E-state index < -0.39 is 0 Å². The molecule has 0 aliphatic carbocycles. The van der Waals surface area contributed by atoms with Crippen LogP contribution in [0, 0.1) is 0 Å². The molecule has 0 fully saturated rings. The summed E-state index contributed by atoms with van der Waals surface area (Å²) in [5.74, 6) is 0. The molecule has 0 bridgehead atoms. The highest BCUT2D eigenvalue weighted by atomic mass is 35.7. The summed E-state index contributed by atoms with van der Waals surface area (Å²) in [5, 5.41) is 0. The molecule has 0 spiro atoms. The Bertz CT molecular complexity index is 9.61. The summed E-state index contributed by atoms with van der Waals surface area (Å²) in [7, 11) is 5.14. The van der Waals surface area contributed by atoms with Crippen LogP contribution in [-0.4, -0.2) is 14.2 Å². The molecule has 0 aromatic heterocycles. The number of hydrogen-bond acceptors (Lipinski definition) is 1. The third-order valence-electron chi connectivity index (χ3n) is 0. The smallest absolute Gasteiger partial charge is 0.0351 e. The number of rotatable bonds is 0. The van der Waals surface area contributed by atoms with E-state index in [-0.39, 0.29) is 0 Å². The van der Waals surface area contributed by atoms with Crippen LogP contribution in [0.2, 0.25) is 0 Å². The van der Waals surface area contributed by atoms with E-state index in [9.17, 15) is 0 Å². The van der Waals surface area contributed by atoms with Crippen LogP contribution in [0.5, 0.6) is 0 Å². The first-order chi connectivity index (χ1) is 2.41. The van der Waals surface area contributed by atoms with Crippen LogP contribution in [0.1, 0.15) is 0 Å². The monoisotopic (exact) mass is 114 g/mol. The first-order valence-corrected chi connectivity index (χ1v) is 2.78. The van der Waals surface area contributed by atoms with Crippen molar-refractivity contribution in [2.75, 3.05) is 14.2 Å². The van der Waals surface area contributed by atoms with E-state index >= 15 is 0 Å². The molecule has 1 nitrogen and oxygen atoms in total. The van der Waals surface area contributed by atoms with E-state index in [1.807, 2.05) is 8.59 Å². The summed E-state index contributed by atoms with van der Waals surface area (Å²) >= 11 is 4.56. The highest BCUT2D eigenvalue weighted by Crippen LogP contribution is 1.78. The van der Waals surface area contributed by atoms with E-state index in [2.05, 4.69) is 16.0 Å². The molecule has 0 heterocycles. The second-order valence-electron chi connectivity index (χ2n) is 0.408. The van der Waals surface area contributed by atoms with Gasteiger partial charge in [-0.05, 0) is 8.59 Å². The normalized spacial score (nSPS) is 4.80. The molecular formula is C2H8ClOP. The van der Waals surface area contributed by atoms with E-state index in [0.717, 1.165) is 0 Å². The Morgan fingerprint density at radius 3 is 1.40 bits per heavy atom. The molecule has 34 valence electrons. The van der Waals surface area contributed by atoms with Crippen molar-refractivity contribution < 1.29 is 4.74 Å². The van der Waals surface area contributed by atoms with Crippen LogP contribution >= 0.6 is 19.8 Å². The van der Waals surface area contributed by atoms with Crippen molar-refractivity contribution in [1.82, 2.24) is 0 Å². The largest absolute Gasteiger partial charge is 0.388 e. The van der Waals surface area contributed by atoms with E-state index in [4.69, 9.17) is 0 Å². The van der Waals surface area contributed by atoms with Gasteiger partial charge in [-0.3, -0.25) is 0 Å². The molecule has 0 aliphatic heterocycles. The van der Waals surface area contributed by atoms with Gasteiger partial charge in [0.1, 0.15) is 0 Å². The molecule has 0 amide bonds. The third kappa shape index (κ3) is 72.7. The Balaban J connectivity index is 0. The van der Waals surface area contributed by atoms with E-state index in [1.54, 1.807) is 14.2 Å².